The van der Waals surface area contributed by atoms with Gasteiger partial charge in [-0.15, -0.1) is 0 Å². The third-order valence-corrected chi connectivity index (χ3v) is 12.1. The molecule has 4 aliphatic heterocycles. The highest BCUT2D eigenvalue weighted by Crippen LogP contribution is 2.55. The minimum atomic E-state index is -2.01. The van der Waals surface area contributed by atoms with Crippen LogP contribution in [0.1, 0.15) is 70.0 Å². The number of hydrogen-bond acceptors (Lipinski definition) is 14. The normalized spacial score (nSPS) is 32.0. The van der Waals surface area contributed by atoms with Crippen molar-refractivity contribution in [1.29, 1.82) is 0 Å². The van der Waals surface area contributed by atoms with E-state index in [2.05, 4.69) is 10.2 Å². The van der Waals surface area contributed by atoms with E-state index in [4.69, 9.17) is 18.9 Å². The number of esters is 1. The van der Waals surface area contributed by atoms with Crippen molar-refractivity contribution in [2.75, 3.05) is 45.7 Å². The summed E-state index contributed by atoms with van der Waals surface area (Å²) < 4.78 is 23.7. The molecule has 0 unspecified atom stereocenters. The summed E-state index contributed by atoms with van der Waals surface area (Å²) in [6, 6.07) is 0. The van der Waals surface area contributed by atoms with Gasteiger partial charge in [-0.2, -0.15) is 0 Å². The summed E-state index contributed by atoms with van der Waals surface area (Å²) in [4.78, 5) is 44.7. The number of aliphatic hydroxyl groups excluding tert-OH is 2. The smallest absolute Gasteiger partial charge is 0.312 e. The lowest BCUT2D eigenvalue weighted by Crippen LogP contribution is -2.46. The average Bonchev–Trinajstić information content (AvgIpc) is 3.45. The van der Waals surface area contributed by atoms with Crippen molar-refractivity contribution in [3.63, 3.8) is 0 Å². The monoisotopic (exact) mass is 809 g/mol. The molecule has 4 aliphatic rings. The second-order valence-electron chi connectivity index (χ2n) is 16.3. The minimum Gasteiger partial charge on any atom is -0.507 e. The molecule has 58 heavy (non-hydrogen) atoms. The van der Waals surface area contributed by atoms with Crippen molar-refractivity contribution in [1.82, 2.24) is 9.80 Å². The molecule has 1 fully saturated rings. The van der Waals surface area contributed by atoms with E-state index in [9.17, 15) is 39.9 Å². The third-order valence-electron chi connectivity index (χ3n) is 12.1. The van der Waals surface area contributed by atoms with E-state index in [0.717, 1.165) is 13.1 Å². The van der Waals surface area contributed by atoms with Crippen molar-refractivity contribution in [3.05, 3.63) is 52.8 Å². The number of nitrogens with zero attached hydrogens (tertiary/aromatic N) is 2. The van der Waals surface area contributed by atoms with Gasteiger partial charge in [-0.25, -0.2) is 0 Å². The SMILES string of the molecule is CO[C@@H]1/C=C\O[C@]2(C)Oc3c(C)c(O)c4c(O)c(c(CN5CCN(C)CC5)c(O)c4c3C2=O)NC(=O)/C(C)=C\C=C[C@@H](C)[C@@H](O)[C@H](C)[C@@H](O)[C@H](C)[C@H](OC(C)=O)[C@@H]1C. The predicted molar refractivity (Wildman–Crippen MR) is 217 cm³/mol. The highest BCUT2D eigenvalue weighted by molar-refractivity contribution is 6.22. The molecule has 1 amide bonds. The summed E-state index contributed by atoms with van der Waals surface area (Å²) in [5, 5.41) is 60.9. The zero-order valence-corrected chi connectivity index (χ0v) is 35.0. The van der Waals surface area contributed by atoms with Crippen molar-refractivity contribution < 1.29 is 58.9 Å². The molecule has 1 saturated heterocycles. The van der Waals surface area contributed by atoms with Gasteiger partial charge in [0.2, 0.25) is 0 Å². The number of allylic oxidation sites excluding steroid dienone is 2. The van der Waals surface area contributed by atoms with Gasteiger partial charge in [0.1, 0.15) is 23.4 Å². The molecular formula is C43H59N3O12. The quantitative estimate of drug-likeness (QED) is 0.143. The summed E-state index contributed by atoms with van der Waals surface area (Å²) in [6.45, 7) is 15.4. The molecule has 0 aromatic heterocycles. The highest BCUT2D eigenvalue weighted by Gasteiger charge is 2.50. The Hall–Kier alpha value is -4.67. The molecule has 318 valence electrons. The van der Waals surface area contributed by atoms with Gasteiger partial charge in [0, 0.05) is 99.4 Å². The van der Waals surface area contributed by atoms with Gasteiger partial charge in [0.05, 0.1) is 41.2 Å². The topological polar surface area (TPSA) is 208 Å². The number of phenols is 3. The van der Waals surface area contributed by atoms with Crippen molar-refractivity contribution in [2.24, 2.45) is 23.7 Å². The Morgan fingerprint density at radius 3 is 2.21 bits per heavy atom. The number of amides is 1. The number of aromatic hydroxyl groups is 3. The lowest BCUT2D eigenvalue weighted by Gasteiger charge is -2.38. The fraction of sp³-hybridized carbons (Fsp3) is 0.558. The number of carbonyl (C=O) groups excluding carboxylic acids is 3. The van der Waals surface area contributed by atoms with Crippen LogP contribution in [0.2, 0.25) is 0 Å². The molecule has 9 atom stereocenters. The fourth-order valence-electron chi connectivity index (χ4n) is 8.17. The second kappa shape index (κ2) is 17.7. The van der Waals surface area contributed by atoms with Gasteiger partial charge in [-0.05, 0) is 27.0 Å². The maximum Gasteiger partial charge on any atom is 0.312 e. The van der Waals surface area contributed by atoms with Crippen LogP contribution in [0.3, 0.4) is 0 Å². The number of anilines is 1. The van der Waals surface area contributed by atoms with Gasteiger partial charge in [-0.3, -0.25) is 19.3 Å². The number of phenolic OH excluding ortho intramolecular Hbond substituents is 3. The first-order valence-electron chi connectivity index (χ1n) is 19.7. The number of rotatable bonds is 4. The number of fused-ring (bicyclic) bond motifs is 14. The number of Topliss-reactive ketones (excluding diaryl/α,β-unsaturated/α-hetero) is 1. The predicted octanol–water partition coefficient (Wildman–Crippen LogP) is 4.50. The van der Waals surface area contributed by atoms with Crippen molar-refractivity contribution in [2.45, 2.75) is 92.1 Å². The molecule has 0 saturated carbocycles. The Balaban J connectivity index is 1.70. The molecule has 15 heteroatoms. The molecule has 6 N–H and O–H groups in total. The summed E-state index contributed by atoms with van der Waals surface area (Å²) in [5.74, 6) is -7.86. The van der Waals surface area contributed by atoms with E-state index in [-0.39, 0.29) is 51.0 Å². The van der Waals surface area contributed by atoms with E-state index in [1.165, 1.54) is 46.3 Å². The first-order chi connectivity index (χ1) is 27.2. The van der Waals surface area contributed by atoms with E-state index in [1.54, 1.807) is 46.8 Å². The Kier molecular flexibility index (Phi) is 13.5. The van der Waals surface area contributed by atoms with Gasteiger partial charge in [0.25, 0.3) is 11.7 Å². The number of ketones is 1. The average molecular weight is 810 g/mol. The van der Waals surface area contributed by atoms with E-state index < -0.39 is 88.8 Å². The van der Waals surface area contributed by atoms with Crippen LogP contribution in [0.4, 0.5) is 5.69 Å². The molecule has 0 aliphatic carbocycles. The van der Waals surface area contributed by atoms with Gasteiger partial charge < -0.3 is 54.7 Å². The number of ether oxygens (including phenoxy) is 4. The number of nitrogens with one attached hydrogen (secondary N) is 1. The maximum absolute atomic E-state index is 14.4. The molecule has 0 spiro atoms. The summed E-state index contributed by atoms with van der Waals surface area (Å²) in [6.07, 6.45) is 3.73. The zero-order chi connectivity index (χ0) is 43.0. The molecule has 4 heterocycles. The Morgan fingerprint density at radius 2 is 1.59 bits per heavy atom. The largest absolute Gasteiger partial charge is 0.507 e. The summed E-state index contributed by atoms with van der Waals surface area (Å²) >= 11 is 0. The molecule has 2 aromatic carbocycles. The van der Waals surface area contributed by atoms with Crippen LogP contribution >= 0.6 is 0 Å². The number of likely N-dealkylation sites (N-methyl/N-ethyl adjacent to an activating group) is 1. The number of aliphatic hydroxyl groups is 2. The van der Waals surface area contributed by atoms with Crippen LogP contribution in [0, 0.1) is 30.6 Å². The van der Waals surface area contributed by atoms with Crippen LogP contribution in [-0.4, -0.2) is 124 Å². The van der Waals surface area contributed by atoms with Crippen LogP contribution in [0.25, 0.3) is 10.8 Å². The standard InChI is InChI=1S/C43H59N3O12/c1-21-12-11-13-22(2)42(54)44-33-28(20-46-17-15-45(9)16-18-46)37(51)30-31(38(33)52)36(50)26(6)40-32(30)41(53)43(8,58-40)56-19-14-29(55-10)23(3)39(57-27(7)47)25(5)35(49)24(4)34(21)48/h11-14,19,21,23-25,29,34-35,39,48-52H,15-18,20H2,1-10H3,(H,44,54)/b12-11?,19-14-,22-13-/t21-,23-,24+,25+,29-,34-,35-,39-,43-/m1/s1. The number of hydrogen-bond donors (Lipinski definition) is 6. The van der Waals surface area contributed by atoms with Gasteiger partial charge in [0.15, 0.2) is 5.75 Å². The zero-order valence-electron chi connectivity index (χ0n) is 35.0. The Labute approximate surface area is 339 Å². The van der Waals surface area contributed by atoms with Crippen LogP contribution in [0.15, 0.2) is 36.1 Å². The fourth-order valence-corrected chi connectivity index (χ4v) is 8.17. The van der Waals surface area contributed by atoms with Crippen molar-refractivity contribution >= 4 is 34.1 Å². The number of methoxy groups -OCH3 is 1. The van der Waals surface area contributed by atoms with Crippen LogP contribution < -0.4 is 10.1 Å². The molecule has 0 radical (unpaired) electrons. The number of piperazine rings is 1. The molecule has 6 rings (SSSR count). The minimum absolute atomic E-state index is 0.0565. The number of benzene rings is 2. The Morgan fingerprint density at radius 1 is 0.931 bits per heavy atom. The van der Waals surface area contributed by atoms with Crippen LogP contribution in [0.5, 0.6) is 23.0 Å². The van der Waals surface area contributed by atoms with Gasteiger partial charge >= 0.3 is 11.8 Å². The Bertz CT molecular complexity index is 2000. The first-order valence-corrected chi connectivity index (χ1v) is 19.7. The summed E-state index contributed by atoms with van der Waals surface area (Å²) in [5.41, 5.74) is 0.176. The number of carbonyl (C=O) groups is 3. The lowest BCUT2D eigenvalue weighted by atomic mass is 9.78. The van der Waals surface area contributed by atoms with Crippen molar-refractivity contribution in [3.8, 4) is 23.0 Å². The van der Waals surface area contributed by atoms with E-state index in [0.29, 0.717) is 13.1 Å². The lowest BCUT2D eigenvalue weighted by molar-refractivity contribution is -0.160. The third kappa shape index (κ3) is 8.55. The molecule has 2 aromatic rings. The van der Waals surface area contributed by atoms with E-state index >= 15 is 0 Å². The van der Waals surface area contributed by atoms with E-state index in [1.807, 2.05) is 11.9 Å². The maximum atomic E-state index is 14.4. The van der Waals surface area contributed by atoms with Gasteiger partial charge in [-0.1, -0.05) is 45.9 Å². The molecular weight excluding hydrogens is 750 g/mol. The highest BCUT2D eigenvalue weighted by atomic mass is 16.7. The van der Waals surface area contributed by atoms with Crippen LogP contribution in [-0.2, 0) is 30.3 Å². The second-order valence-corrected chi connectivity index (χ2v) is 16.3. The summed E-state index contributed by atoms with van der Waals surface area (Å²) in [7, 11) is 3.44. The molecule has 5 bridgehead atoms. The first kappa shape index (κ1) is 44.4. The molecule has 15 nitrogen and oxygen atoms in total.